The molecule has 5 N–H and O–H groups in total. The molecular weight excluding hydrogens is 476 g/mol. The van der Waals surface area contributed by atoms with Gasteiger partial charge in [0.1, 0.15) is 30.2 Å². The number of hydrogen-bond donors (Lipinski definition) is 5. The molecule has 11 nitrogen and oxygen atoms in total. The Morgan fingerprint density at radius 1 is 1.03 bits per heavy atom. The van der Waals surface area contributed by atoms with Gasteiger partial charge in [0.25, 0.3) is 0 Å². The van der Waals surface area contributed by atoms with Crippen molar-refractivity contribution in [2.24, 2.45) is 0 Å². The van der Waals surface area contributed by atoms with Crippen molar-refractivity contribution in [3.8, 4) is 17.2 Å². The fraction of sp³-hybridized carbons (Fsp3) is 0.480. The Balaban J connectivity index is 1.47. The van der Waals surface area contributed by atoms with E-state index in [-0.39, 0.29) is 23.5 Å². The maximum absolute atomic E-state index is 11.7. The first-order valence-electron chi connectivity index (χ1n) is 11.6. The zero-order valence-electron chi connectivity index (χ0n) is 19.6. The first-order chi connectivity index (χ1) is 17.4. The van der Waals surface area contributed by atoms with Crippen molar-refractivity contribution in [1.82, 2.24) is 0 Å². The molecule has 0 amide bonds. The first-order valence-corrected chi connectivity index (χ1v) is 11.6. The van der Waals surface area contributed by atoms with E-state index in [9.17, 15) is 25.2 Å². The van der Waals surface area contributed by atoms with Crippen LogP contribution in [0.1, 0.15) is 34.0 Å². The van der Waals surface area contributed by atoms with E-state index in [1.165, 1.54) is 25.3 Å². The summed E-state index contributed by atoms with van der Waals surface area (Å²) in [6, 6.07) is 9.49. The summed E-state index contributed by atoms with van der Waals surface area (Å²) in [4.78, 5) is 11.7. The molecule has 0 radical (unpaired) electrons. The van der Waals surface area contributed by atoms with Gasteiger partial charge in [0, 0.05) is 6.61 Å². The second-order valence-electron chi connectivity index (χ2n) is 8.58. The van der Waals surface area contributed by atoms with Crippen LogP contribution in [0.5, 0.6) is 17.2 Å². The molecule has 2 fully saturated rings. The second kappa shape index (κ2) is 11.5. The van der Waals surface area contributed by atoms with E-state index >= 15 is 0 Å². The first kappa shape index (κ1) is 26.3. The highest BCUT2D eigenvalue weighted by Crippen LogP contribution is 2.37. The minimum atomic E-state index is -1.38. The Bertz CT molecular complexity index is 1040. The maximum Gasteiger partial charge on any atom is 0.231 e. The lowest BCUT2D eigenvalue weighted by Crippen LogP contribution is -2.50. The van der Waals surface area contributed by atoms with Gasteiger partial charge in [0.05, 0.1) is 19.3 Å². The highest BCUT2D eigenvalue weighted by atomic mass is 16.8. The zero-order chi connectivity index (χ0) is 25.8. The molecule has 7 atom stereocenters. The van der Waals surface area contributed by atoms with Crippen molar-refractivity contribution >= 4 is 6.29 Å². The molecule has 2 heterocycles. The predicted octanol–water partition coefficient (Wildman–Crippen LogP) is 0.0877. The number of fused-ring (bicyclic) bond motifs is 1. The SMILES string of the molecule is COc1cc(CCCO)ccc1OC(CO)C(O)c1ccc(OC2OC3OC3C(O)C2O)c(C=O)c1. The zero-order valence-corrected chi connectivity index (χ0v) is 19.6. The standard InChI is InChI=1S/C25H30O11/c1-32-18-9-13(3-2-8-26)4-6-17(18)33-19(12-28)20(29)14-5-7-16(15(10-14)11-27)34-24-22(31)21(30)23-25(35-23)36-24/h4-7,9-11,19-26,28-31H,2-3,8,12H2,1H3. The lowest BCUT2D eigenvalue weighted by atomic mass is 10.0. The smallest absolute Gasteiger partial charge is 0.231 e. The van der Waals surface area contributed by atoms with E-state index in [0.717, 1.165) is 5.56 Å². The fourth-order valence-corrected chi connectivity index (χ4v) is 4.03. The predicted molar refractivity (Wildman–Crippen MR) is 123 cm³/mol. The van der Waals surface area contributed by atoms with Crippen molar-refractivity contribution in [2.45, 2.75) is 55.9 Å². The van der Waals surface area contributed by atoms with Gasteiger partial charge in [-0.3, -0.25) is 4.79 Å². The van der Waals surface area contributed by atoms with Crippen LogP contribution in [0.3, 0.4) is 0 Å². The minimum absolute atomic E-state index is 0.0539. The molecular formula is C25H30O11. The van der Waals surface area contributed by atoms with Crippen LogP contribution in [0, 0.1) is 0 Å². The number of hydrogen-bond acceptors (Lipinski definition) is 11. The number of epoxide rings is 1. The molecule has 2 aromatic carbocycles. The summed E-state index contributed by atoms with van der Waals surface area (Å²) in [5.41, 5.74) is 1.26. The Kier molecular flexibility index (Phi) is 8.42. The molecule has 11 heteroatoms. The van der Waals surface area contributed by atoms with Crippen LogP contribution >= 0.6 is 0 Å². The molecule has 2 aliphatic heterocycles. The Labute approximate surface area is 207 Å². The van der Waals surface area contributed by atoms with Gasteiger partial charge in [-0.25, -0.2) is 0 Å². The fourth-order valence-electron chi connectivity index (χ4n) is 4.03. The van der Waals surface area contributed by atoms with Gasteiger partial charge in [-0.15, -0.1) is 0 Å². The van der Waals surface area contributed by atoms with E-state index in [1.54, 1.807) is 18.2 Å². The molecule has 196 valence electrons. The third-order valence-electron chi connectivity index (χ3n) is 6.12. The average Bonchev–Trinajstić information content (AvgIpc) is 3.68. The van der Waals surface area contributed by atoms with Gasteiger partial charge >= 0.3 is 0 Å². The highest BCUT2D eigenvalue weighted by Gasteiger charge is 2.57. The van der Waals surface area contributed by atoms with Crippen molar-refractivity contribution in [1.29, 1.82) is 0 Å². The number of aldehydes is 1. The van der Waals surface area contributed by atoms with Gasteiger partial charge in [0.15, 0.2) is 30.2 Å². The summed E-state index contributed by atoms with van der Waals surface area (Å²) in [5.74, 6) is 0.780. The lowest BCUT2D eigenvalue weighted by molar-refractivity contribution is -0.207. The summed E-state index contributed by atoms with van der Waals surface area (Å²) in [6.45, 7) is -0.467. The molecule has 0 saturated carbocycles. The number of carbonyl (C=O) groups is 1. The molecule has 4 rings (SSSR count). The largest absolute Gasteiger partial charge is 0.493 e. The number of carbonyl (C=O) groups excluding carboxylic acids is 1. The Morgan fingerprint density at radius 3 is 2.50 bits per heavy atom. The van der Waals surface area contributed by atoms with Crippen LogP contribution in [0.4, 0.5) is 0 Å². The van der Waals surface area contributed by atoms with Crippen LogP contribution < -0.4 is 14.2 Å². The Hall–Kier alpha value is -2.77. The maximum atomic E-state index is 11.7. The quantitative estimate of drug-likeness (QED) is 0.195. The normalized spacial score (nSPS) is 26.4. The molecule has 2 aliphatic rings. The van der Waals surface area contributed by atoms with Gasteiger partial charge in [-0.1, -0.05) is 12.1 Å². The summed E-state index contributed by atoms with van der Waals surface area (Å²) < 4.78 is 27.3. The van der Waals surface area contributed by atoms with E-state index < -0.39 is 49.7 Å². The lowest BCUT2D eigenvalue weighted by Gasteiger charge is -2.30. The second-order valence-corrected chi connectivity index (χ2v) is 8.58. The van der Waals surface area contributed by atoms with Crippen LogP contribution in [0.25, 0.3) is 0 Å². The number of aryl methyl sites for hydroxylation is 1. The number of aliphatic hydroxyl groups is 5. The molecule has 36 heavy (non-hydrogen) atoms. The van der Waals surface area contributed by atoms with E-state index in [0.29, 0.717) is 30.6 Å². The van der Waals surface area contributed by atoms with Crippen LogP contribution in [0.15, 0.2) is 36.4 Å². The van der Waals surface area contributed by atoms with Gasteiger partial charge < -0.3 is 49.2 Å². The molecule has 0 spiro atoms. The monoisotopic (exact) mass is 506 g/mol. The average molecular weight is 507 g/mol. The topological polar surface area (TPSA) is 168 Å². The Morgan fingerprint density at radius 2 is 1.81 bits per heavy atom. The third-order valence-corrected chi connectivity index (χ3v) is 6.12. The molecule has 7 unspecified atom stereocenters. The van der Waals surface area contributed by atoms with Crippen LogP contribution in [-0.2, 0) is 15.9 Å². The van der Waals surface area contributed by atoms with Crippen LogP contribution in [0.2, 0.25) is 0 Å². The number of rotatable bonds is 12. The summed E-state index contributed by atoms with van der Waals surface area (Å²) >= 11 is 0. The van der Waals surface area contributed by atoms with Crippen molar-refractivity contribution < 1.29 is 54.0 Å². The van der Waals surface area contributed by atoms with Crippen molar-refractivity contribution in [3.05, 3.63) is 53.1 Å². The number of methoxy groups -OCH3 is 1. The number of aliphatic hydroxyl groups excluding tert-OH is 5. The summed E-state index contributed by atoms with van der Waals surface area (Å²) in [6.07, 6.45) is -5.74. The number of benzene rings is 2. The van der Waals surface area contributed by atoms with Crippen molar-refractivity contribution in [2.75, 3.05) is 20.3 Å². The summed E-state index contributed by atoms with van der Waals surface area (Å²) in [5, 5.41) is 50.0. The molecule has 2 saturated heterocycles. The molecule has 0 aliphatic carbocycles. The van der Waals surface area contributed by atoms with Gasteiger partial charge in [-0.05, 0) is 48.2 Å². The molecule has 2 aromatic rings. The van der Waals surface area contributed by atoms with E-state index in [4.69, 9.17) is 28.8 Å². The number of ether oxygens (including phenoxy) is 5. The van der Waals surface area contributed by atoms with Gasteiger partial charge in [0.2, 0.25) is 6.29 Å². The molecule has 0 bridgehead atoms. The minimum Gasteiger partial charge on any atom is -0.493 e. The van der Waals surface area contributed by atoms with Gasteiger partial charge in [-0.2, -0.15) is 0 Å². The summed E-state index contributed by atoms with van der Waals surface area (Å²) in [7, 11) is 1.47. The third kappa shape index (κ3) is 5.62. The van der Waals surface area contributed by atoms with Crippen LogP contribution in [-0.4, -0.2) is 89.1 Å². The van der Waals surface area contributed by atoms with E-state index in [2.05, 4.69) is 0 Å². The van der Waals surface area contributed by atoms with Crippen molar-refractivity contribution in [3.63, 3.8) is 0 Å². The molecule has 0 aromatic heterocycles. The van der Waals surface area contributed by atoms with E-state index in [1.807, 2.05) is 0 Å². The highest BCUT2D eigenvalue weighted by molar-refractivity contribution is 5.79.